The number of nitrogens with one attached hydrogen (secondary N) is 1. The quantitative estimate of drug-likeness (QED) is 0.799. The van der Waals surface area contributed by atoms with Crippen LogP contribution in [0, 0.1) is 22.6 Å². The molecule has 0 bridgehead atoms. The summed E-state index contributed by atoms with van der Waals surface area (Å²) in [7, 11) is 1.92. The Kier molecular flexibility index (Phi) is 5.99. The predicted octanol–water partition coefficient (Wildman–Crippen LogP) is 2.94. The van der Waals surface area contributed by atoms with E-state index in [1.54, 1.807) is 6.07 Å². The molecule has 1 aromatic rings. The molecular formula is C24H35FN4O2. The summed E-state index contributed by atoms with van der Waals surface area (Å²) in [4.78, 5) is 32.3. The van der Waals surface area contributed by atoms with E-state index in [1.165, 1.54) is 12.1 Å². The lowest BCUT2D eigenvalue weighted by Gasteiger charge is -2.46. The summed E-state index contributed by atoms with van der Waals surface area (Å²) in [5.41, 5.74) is 0.393. The third kappa shape index (κ3) is 4.04. The molecule has 3 amide bonds. The highest BCUT2D eigenvalue weighted by Crippen LogP contribution is 2.57. The van der Waals surface area contributed by atoms with Crippen LogP contribution < -0.4 is 5.32 Å². The Bertz CT molecular complexity index is 837. The Labute approximate surface area is 184 Å². The number of rotatable bonds is 4. The van der Waals surface area contributed by atoms with E-state index in [0.29, 0.717) is 31.5 Å². The van der Waals surface area contributed by atoms with Gasteiger partial charge in [-0.3, -0.25) is 4.79 Å². The molecule has 3 heterocycles. The van der Waals surface area contributed by atoms with Crippen LogP contribution in [0.2, 0.25) is 0 Å². The zero-order chi connectivity index (χ0) is 22.2. The highest BCUT2D eigenvalue weighted by molar-refractivity contribution is 5.86. The van der Waals surface area contributed by atoms with Crippen LogP contribution in [0.4, 0.5) is 9.18 Å². The number of likely N-dealkylation sites (tertiary alicyclic amines) is 3. The minimum absolute atomic E-state index is 0.0525. The maximum absolute atomic E-state index is 13.4. The molecule has 1 N–H and O–H groups in total. The summed E-state index contributed by atoms with van der Waals surface area (Å²) in [5, 5.41) is 2.92. The van der Waals surface area contributed by atoms with Gasteiger partial charge in [-0.05, 0) is 42.9 Å². The van der Waals surface area contributed by atoms with Gasteiger partial charge in [0.1, 0.15) is 5.82 Å². The molecule has 0 saturated carbocycles. The van der Waals surface area contributed by atoms with Crippen molar-refractivity contribution >= 4 is 11.9 Å². The number of carbonyl (C=O) groups excluding carboxylic acids is 2. The average molecular weight is 431 g/mol. The Morgan fingerprint density at radius 1 is 1.16 bits per heavy atom. The van der Waals surface area contributed by atoms with Gasteiger partial charge in [0.15, 0.2) is 0 Å². The molecule has 31 heavy (non-hydrogen) atoms. The molecular weight excluding hydrogens is 395 g/mol. The molecule has 3 saturated heterocycles. The van der Waals surface area contributed by atoms with E-state index in [4.69, 9.17) is 0 Å². The smallest absolute Gasteiger partial charge is 0.317 e. The molecule has 0 radical (unpaired) electrons. The number of hydrogen-bond acceptors (Lipinski definition) is 3. The van der Waals surface area contributed by atoms with Crippen LogP contribution in [-0.4, -0.2) is 73.0 Å². The van der Waals surface area contributed by atoms with Gasteiger partial charge in [0, 0.05) is 58.3 Å². The fourth-order valence-corrected chi connectivity index (χ4v) is 6.11. The molecule has 3 aliphatic heterocycles. The third-order valence-corrected chi connectivity index (χ3v) is 7.63. The minimum atomic E-state index is -0.305. The Balaban J connectivity index is 1.42. The van der Waals surface area contributed by atoms with Gasteiger partial charge in [-0.15, -0.1) is 0 Å². The van der Waals surface area contributed by atoms with E-state index < -0.39 is 0 Å². The molecule has 3 aliphatic rings. The molecule has 170 valence electrons. The Morgan fingerprint density at radius 3 is 2.52 bits per heavy atom. The van der Waals surface area contributed by atoms with Crippen LogP contribution in [0.3, 0.4) is 0 Å². The Morgan fingerprint density at radius 2 is 1.90 bits per heavy atom. The highest BCUT2D eigenvalue weighted by atomic mass is 19.1. The number of piperidine rings is 1. The first-order chi connectivity index (χ1) is 14.7. The summed E-state index contributed by atoms with van der Waals surface area (Å²) in [6.07, 6.45) is 2.63. The van der Waals surface area contributed by atoms with Crippen molar-refractivity contribution in [1.82, 2.24) is 20.0 Å². The number of hydrogen-bond donors (Lipinski definition) is 1. The van der Waals surface area contributed by atoms with Gasteiger partial charge in [-0.1, -0.05) is 26.0 Å². The van der Waals surface area contributed by atoms with Gasteiger partial charge in [-0.2, -0.15) is 0 Å². The molecule has 7 heteroatoms. The topological polar surface area (TPSA) is 55.9 Å². The molecule has 1 unspecified atom stereocenters. The summed E-state index contributed by atoms with van der Waals surface area (Å²) in [6.45, 7) is 9.72. The zero-order valence-electron chi connectivity index (χ0n) is 19.0. The molecule has 4 rings (SSSR count). The van der Waals surface area contributed by atoms with E-state index in [2.05, 4.69) is 24.1 Å². The van der Waals surface area contributed by atoms with Crippen molar-refractivity contribution in [3.05, 3.63) is 35.6 Å². The first-order valence-corrected chi connectivity index (χ1v) is 11.5. The van der Waals surface area contributed by atoms with Crippen LogP contribution >= 0.6 is 0 Å². The van der Waals surface area contributed by atoms with E-state index in [0.717, 1.165) is 51.0 Å². The fourth-order valence-electron chi connectivity index (χ4n) is 6.11. The van der Waals surface area contributed by atoms with Crippen LogP contribution in [0.25, 0.3) is 0 Å². The number of halogens is 1. The van der Waals surface area contributed by atoms with Crippen molar-refractivity contribution in [2.75, 3.05) is 46.3 Å². The number of amides is 3. The van der Waals surface area contributed by atoms with Gasteiger partial charge in [0.05, 0.1) is 5.41 Å². The second kappa shape index (κ2) is 8.41. The van der Waals surface area contributed by atoms with Crippen LogP contribution in [-0.2, 0) is 11.3 Å². The zero-order valence-corrected chi connectivity index (χ0v) is 19.0. The van der Waals surface area contributed by atoms with Gasteiger partial charge in [0.2, 0.25) is 5.91 Å². The molecule has 1 atom stereocenters. The van der Waals surface area contributed by atoms with Crippen molar-refractivity contribution < 1.29 is 14.0 Å². The SMILES string of the molecule is CC(C)CN1CC2(CCN(C(=O)NCc3cccc(F)c3)CC2)C2(CCN(C)C2=O)C1. The largest absolute Gasteiger partial charge is 0.345 e. The number of carbonyl (C=O) groups is 2. The molecule has 6 nitrogen and oxygen atoms in total. The summed E-state index contributed by atoms with van der Waals surface area (Å²) >= 11 is 0. The number of nitrogens with zero attached hydrogens (tertiary/aromatic N) is 3. The molecule has 0 aromatic heterocycles. The predicted molar refractivity (Wildman–Crippen MR) is 118 cm³/mol. The minimum Gasteiger partial charge on any atom is -0.345 e. The number of benzene rings is 1. The van der Waals surface area contributed by atoms with Crippen molar-refractivity contribution in [2.24, 2.45) is 16.7 Å². The van der Waals surface area contributed by atoms with Crippen molar-refractivity contribution in [2.45, 2.75) is 39.7 Å². The first kappa shape index (κ1) is 22.1. The number of urea groups is 1. The second-order valence-electron chi connectivity index (χ2n) is 10.2. The van der Waals surface area contributed by atoms with Crippen molar-refractivity contribution in [3.63, 3.8) is 0 Å². The normalized spacial score (nSPS) is 25.9. The second-order valence-corrected chi connectivity index (χ2v) is 10.2. The summed E-state index contributed by atoms with van der Waals surface area (Å²) in [5.74, 6) is 0.563. The maximum atomic E-state index is 13.4. The monoisotopic (exact) mass is 430 g/mol. The number of fused-ring (bicyclic) bond motifs is 1. The molecule has 1 aromatic carbocycles. The molecule has 0 aliphatic carbocycles. The third-order valence-electron chi connectivity index (χ3n) is 7.63. The lowest BCUT2D eigenvalue weighted by molar-refractivity contribution is -0.141. The summed E-state index contributed by atoms with van der Waals surface area (Å²) < 4.78 is 13.4. The lowest BCUT2D eigenvalue weighted by atomic mass is 9.60. The van der Waals surface area contributed by atoms with Crippen molar-refractivity contribution in [3.8, 4) is 0 Å². The molecule has 3 fully saturated rings. The summed E-state index contributed by atoms with van der Waals surface area (Å²) in [6, 6.07) is 6.19. The van der Waals surface area contributed by atoms with Crippen LogP contribution in [0.5, 0.6) is 0 Å². The Hall–Kier alpha value is -2.15. The average Bonchev–Trinajstić information content (AvgIpc) is 3.18. The van der Waals surface area contributed by atoms with Crippen molar-refractivity contribution in [1.29, 1.82) is 0 Å². The van der Waals surface area contributed by atoms with Crippen LogP contribution in [0.15, 0.2) is 24.3 Å². The van der Waals surface area contributed by atoms with E-state index in [9.17, 15) is 14.0 Å². The lowest BCUT2D eigenvalue weighted by Crippen LogP contribution is -2.54. The fraction of sp³-hybridized carbons (Fsp3) is 0.667. The first-order valence-electron chi connectivity index (χ1n) is 11.5. The molecule has 2 spiro atoms. The maximum Gasteiger partial charge on any atom is 0.317 e. The van der Waals surface area contributed by atoms with E-state index in [-0.39, 0.29) is 22.7 Å². The van der Waals surface area contributed by atoms with Gasteiger partial charge in [-0.25, -0.2) is 9.18 Å². The van der Waals surface area contributed by atoms with Gasteiger partial charge < -0.3 is 20.0 Å². The van der Waals surface area contributed by atoms with Gasteiger partial charge >= 0.3 is 6.03 Å². The van der Waals surface area contributed by atoms with Crippen LogP contribution in [0.1, 0.15) is 38.7 Å². The van der Waals surface area contributed by atoms with E-state index in [1.807, 2.05) is 22.9 Å². The van der Waals surface area contributed by atoms with E-state index >= 15 is 0 Å². The standard InChI is InChI=1S/C24H35FN4O2/c1-18(2)15-28-16-23(24(17-28)9-10-27(3)21(24)30)7-11-29(12-8-23)22(31)26-14-19-5-4-6-20(25)13-19/h4-6,13,18H,7-12,14-17H2,1-3H3,(H,26,31). The van der Waals surface area contributed by atoms with Gasteiger partial charge in [0.25, 0.3) is 0 Å². The highest BCUT2D eigenvalue weighted by Gasteiger charge is 2.64.